The molecule has 0 unspecified atom stereocenters. The molecule has 40 heavy (non-hydrogen) atoms. The van der Waals surface area contributed by atoms with Gasteiger partial charge in [0.1, 0.15) is 5.70 Å². The predicted molar refractivity (Wildman–Crippen MR) is 151 cm³/mol. The second kappa shape index (κ2) is 10.8. The van der Waals surface area contributed by atoms with Crippen LogP contribution in [0.25, 0.3) is 17.0 Å². The lowest BCUT2D eigenvalue weighted by molar-refractivity contribution is -0.384. The summed E-state index contributed by atoms with van der Waals surface area (Å²) in [6.07, 6.45) is 3.27. The Morgan fingerprint density at radius 2 is 1.82 bits per heavy atom. The molecular formula is C29H26N6O5. The fourth-order valence-corrected chi connectivity index (χ4v) is 4.52. The number of hydrogen-bond donors (Lipinski definition) is 4. The third kappa shape index (κ3) is 5.18. The van der Waals surface area contributed by atoms with Crippen LogP contribution in [-0.4, -0.2) is 51.2 Å². The van der Waals surface area contributed by atoms with Crippen LogP contribution >= 0.6 is 0 Å². The number of nitro groups is 1. The van der Waals surface area contributed by atoms with Gasteiger partial charge in [0.05, 0.1) is 21.9 Å². The zero-order valence-electron chi connectivity index (χ0n) is 21.5. The number of carbonyl (C=O) groups is 2. The van der Waals surface area contributed by atoms with E-state index in [1.54, 1.807) is 36.4 Å². The number of aliphatic imine (C=N–C) groups is 1. The van der Waals surface area contributed by atoms with Gasteiger partial charge >= 0.3 is 6.03 Å². The molecule has 3 amide bonds. The molecule has 3 aromatic carbocycles. The molecule has 5 rings (SSSR count). The Kier molecular flexibility index (Phi) is 7.13. The number of H-pyrrole nitrogens is 1. The molecule has 4 aromatic rings. The number of aromatic amines is 1. The summed E-state index contributed by atoms with van der Waals surface area (Å²) in [5, 5.41) is 25.1. The van der Waals surface area contributed by atoms with Crippen molar-refractivity contribution < 1.29 is 19.6 Å². The molecule has 0 aliphatic carbocycles. The van der Waals surface area contributed by atoms with E-state index in [2.05, 4.69) is 10.3 Å². The summed E-state index contributed by atoms with van der Waals surface area (Å²) < 4.78 is 0. The minimum Gasteiger partial charge on any atom is -0.494 e. The monoisotopic (exact) mass is 538 g/mol. The van der Waals surface area contributed by atoms with Gasteiger partial charge in [0.15, 0.2) is 5.88 Å². The third-order valence-corrected chi connectivity index (χ3v) is 6.66. The second-order valence-electron chi connectivity index (χ2n) is 9.32. The lowest BCUT2D eigenvalue weighted by Crippen LogP contribution is -2.24. The van der Waals surface area contributed by atoms with Gasteiger partial charge < -0.3 is 15.8 Å². The Morgan fingerprint density at radius 3 is 2.45 bits per heavy atom. The molecule has 0 spiro atoms. The first-order chi connectivity index (χ1) is 19.2. The maximum atomic E-state index is 12.0. The number of carbonyl (C=O) groups excluding carboxylic acids is 2. The van der Waals surface area contributed by atoms with E-state index in [1.807, 2.05) is 24.3 Å². The number of aromatic nitrogens is 1. The molecule has 1 saturated heterocycles. The number of non-ortho nitro benzene ring substituents is 1. The minimum atomic E-state index is -0.491. The van der Waals surface area contributed by atoms with Gasteiger partial charge in [-0.25, -0.2) is 9.79 Å². The molecule has 1 aliphatic rings. The van der Waals surface area contributed by atoms with E-state index in [0.29, 0.717) is 45.5 Å². The quantitative estimate of drug-likeness (QED) is 0.0854. The number of benzene rings is 3. The van der Waals surface area contributed by atoms with Gasteiger partial charge in [0, 0.05) is 35.6 Å². The molecule has 2 heterocycles. The number of amides is 3. The zero-order valence-corrected chi connectivity index (χ0v) is 21.5. The largest absolute Gasteiger partial charge is 0.494 e. The molecule has 0 radical (unpaired) electrons. The molecular weight excluding hydrogens is 512 g/mol. The van der Waals surface area contributed by atoms with Crippen LogP contribution in [0.5, 0.6) is 5.88 Å². The van der Waals surface area contributed by atoms with E-state index >= 15 is 0 Å². The highest BCUT2D eigenvalue weighted by atomic mass is 16.6. The van der Waals surface area contributed by atoms with Gasteiger partial charge in [-0.1, -0.05) is 36.4 Å². The maximum absolute atomic E-state index is 12.0. The lowest BCUT2D eigenvalue weighted by Gasteiger charge is -2.10. The van der Waals surface area contributed by atoms with Gasteiger partial charge in [0.2, 0.25) is 0 Å². The summed E-state index contributed by atoms with van der Waals surface area (Å²) in [5.41, 5.74) is 10.1. The highest BCUT2D eigenvalue weighted by molar-refractivity contribution is 6.22. The van der Waals surface area contributed by atoms with Crippen molar-refractivity contribution in [2.45, 2.75) is 12.8 Å². The standard InChI is InChI=1S/C29H26N6O5/c1-34-24(27(36)33-29(34)38)15-18-6-10-20(11-7-18)31-26(19-8-4-17(5-9-19)3-2-14-30)25-22-16-21(35(39)40)12-13-23(22)32-28(25)37/h4-13,15-16,32,37H,2-3,14,30H2,1H3,(H,33,36,38)/b24-15-,31-26?. The Bertz CT molecular complexity index is 1690. The highest BCUT2D eigenvalue weighted by Crippen LogP contribution is 2.34. The van der Waals surface area contributed by atoms with Crippen LogP contribution in [0.1, 0.15) is 28.7 Å². The molecule has 1 aromatic heterocycles. The average molecular weight is 539 g/mol. The van der Waals surface area contributed by atoms with Crippen molar-refractivity contribution in [3.05, 3.63) is 105 Å². The van der Waals surface area contributed by atoms with Gasteiger partial charge in [-0.05, 0) is 54.8 Å². The van der Waals surface area contributed by atoms with Crippen LogP contribution in [0.15, 0.2) is 77.4 Å². The third-order valence-electron chi connectivity index (χ3n) is 6.66. The molecule has 1 fully saturated rings. The van der Waals surface area contributed by atoms with Crippen molar-refractivity contribution in [1.29, 1.82) is 0 Å². The van der Waals surface area contributed by atoms with Crippen LogP contribution in [0, 0.1) is 10.1 Å². The minimum absolute atomic E-state index is 0.110. The fraction of sp³-hybridized carbons (Fsp3) is 0.138. The smallest absolute Gasteiger partial charge is 0.328 e. The van der Waals surface area contributed by atoms with E-state index in [4.69, 9.17) is 10.7 Å². The van der Waals surface area contributed by atoms with E-state index < -0.39 is 16.9 Å². The number of nitrogens with one attached hydrogen (secondary N) is 2. The molecule has 0 atom stereocenters. The van der Waals surface area contributed by atoms with Crippen LogP contribution in [-0.2, 0) is 11.2 Å². The number of aryl methyl sites for hydroxylation is 1. The Labute approximate surface area is 228 Å². The SMILES string of the molecule is CN1C(=O)NC(=O)/C1=C/c1ccc(N=C(c2ccc(CCCN)cc2)c2c(O)[nH]c3ccc([N+](=O)[O-])cc23)cc1. The van der Waals surface area contributed by atoms with Crippen LogP contribution < -0.4 is 11.1 Å². The van der Waals surface area contributed by atoms with Crippen molar-refractivity contribution in [3.8, 4) is 5.88 Å². The number of nitrogens with two attached hydrogens (primary N) is 1. The van der Waals surface area contributed by atoms with E-state index in [9.17, 15) is 24.8 Å². The predicted octanol–water partition coefficient (Wildman–Crippen LogP) is 4.36. The number of nitro benzene ring substituents is 1. The number of fused-ring (bicyclic) bond motifs is 1. The second-order valence-corrected chi connectivity index (χ2v) is 9.32. The zero-order chi connectivity index (χ0) is 28.4. The maximum Gasteiger partial charge on any atom is 0.328 e. The van der Waals surface area contributed by atoms with Gasteiger partial charge in [0.25, 0.3) is 11.6 Å². The van der Waals surface area contributed by atoms with Crippen LogP contribution in [0.2, 0.25) is 0 Å². The first-order valence-corrected chi connectivity index (χ1v) is 12.5. The normalized spacial score (nSPS) is 14.8. The summed E-state index contributed by atoms with van der Waals surface area (Å²) in [5.74, 6) is -0.640. The first-order valence-electron chi connectivity index (χ1n) is 12.5. The number of hydrogen-bond acceptors (Lipinski definition) is 7. The van der Waals surface area contributed by atoms with Crippen molar-refractivity contribution in [2.24, 2.45) is 10.7 Å². The van der Waals surface area contributed by atoms with Gasteiger partial charge in [-0.15, -0.1) is 0 Å². The van der Waals surface area contributed by atoms with E-state index in [0.717, 1.165) is 18.4 Å². The summed E-state index contributed by atoms with van der Waals surface area (Å²) in [7, 11) is 1.51. The Morgan fingerprint density at radius 1 is 1.10 bits per heavy atom. The Balaban J connectivity index is 1.60. The van der Waals surface area contributed by atoms with Crippen molar-refractivity contribution in [3.63, 3.8) is 0 Å². The summed E-state index contributed by atoms with van der Waals surface area (Å²) in [6, 6.07) is 18.5. The first kappa shape index (κ1) is 26.3. The molecule has 11 nitrogen and oxygen atoms in total. The van der Waals surface area contributed by atoms with Crippen molar-refractivity contribution in [2.75, 3.05) is 13.6 Å². The van der Waals surface area contributed by atoms with Gasteiger partial charge in [-0.3, -0.25) is 25.1 Å². The average Bonchev–Trinajstić information content (AvgIpc) is 3.40. The highest BCUT2D eigenvalue weighted by Gasteiger charge is 2.29. The number of urea groups is 1. The summed E-state index contributed by atoms with van der Waals surface area (Å²) in [6.45, 7) is 0.584. The lowest BCUT2D eigenvalue weighted by atomic mass is 9.98. The van der Waals surface area contributed by atoms with Crippen LogP contribution in [0.4, 0.5) is 16.2 Å². The molecule has 0 bridgehead atoms. The summed E-state index contributed by atoms with van der Waals surface area (Å²) >= 11 is 0. The molecule has 202 valence electrons. The fourth-order valence-electron chi connectivity index (χ4n) is 4.52. The molecule has 5 N–H and O–H groups in total. The number of nitrogens with zero attached hydrogens (tertiary/aromatic N) is 3. The number of likely N-dealkylation sites (N-methyl/N-ethyl adjacent to an activating group) is 1. The molecule has 1 aliphatic heterocycles. The summed E-state index contributed by atoms with van der Waals surface area (Å²) in [4.78, 5) is 43.7. The van der Waals surface area contributed by atoms with E-state index in [1.165, 1.54) is 24.1 Å². The van der Waals surface area contributed by atoms with Crippen molar-refractivity contribution in [1.82, 2.24) is 15.2 Å². The Hall–Kier alpha value is -5.29. The van der Waals surface area contributed by atoms with Gasteiger partial charge in [-0.2, -0.15) is 0 Å². The van der Waals surface area contributed by atoms with Crippen molar-refractivity contribution >= 4 is 46.0 Å². The molecule has 11 heteroatoms. The topological polar surface area (TPSA) is 167 Å². The number of aromatic hydroxyl groups is 1. The van der Waals surface area contributed by atoms with Crippen LogP contribution in [0.3, 0.4) is 0 Å². The molecule has 0 saturated carbocycles. The number of imide groups is 1. The van der Waals surface area contributed by atoms with E-state index in [-0.39, 0.29) is 17.3 Å². The number of rotatable bonds is 8.